The number of sulfonamides is 1. The third-order valence-corrected chi connectivity index (χ3v) is 7.31. The second-order valence-corrected chi connectivity index (χ2v) is 9.86. The summed E-state index contributed by atoms with van der Waals surface area (Å²) in [6.07, 6.45) is 2.99. The molecule has 1 aliphatic heterocycles. The molecule has 1 aliphatic rings. The number of para-hydroxylation sites is 1. The highest BCUT2D eigenvalue weighted by Crippen LogP contribution is 2.31. The molecule has 0 bridgehead atoms. The lowest BCUT2D eigenvalue weighted by Crippen LogP contribution is -2.32. The molecule has 0 radical (unpaired) electrons. The summed E-state index contributed by atoms with van der Waals surface area (Å²) < 4.78 is 33.5. The lowest BCUT2D eigenvalue weighted by molar-refractivity contribution is -0.129. The van der Waals surface area contributed by atoms with Crippen LogP contribution in [0.3, 0.4) is 0 Å². The summed E-state index contributed by atoms with van der Waals surface area (Å²) >= 11 is 12.1. The Morgan fingerprint density at radius 2 is 1.65 bits per heavy atom. The van der Waals surface area contributed by atoms with Crippen LogP contribution in [0.25, 0.3) is 6.08 Å². The van der Waals surface area contributed by atoms with Gasteiger partial charge in [0.05, 0.1) is 22.7 Å². The highest BCUT2D eigenvalue weighted by molar-refractivity contribution is 7.92. The van der Waals surface area contributed by atoms with Gasteiger partial charge in [-0.25, -0.2) is 18.2 Å². The number of halogens is 2. The molecule has 0 atom stereocenters. The maximum atomic E-state index is 13.5. The number of carbonyl (C=O) groups excluding carboxylic acids is 1. The van der Waals surface area contributed by atoms with Crippen molar-refractivity contribution in [2.75, 3.05) is 10.8 Å². The number of carbonyl (C=O) groups is 1. The summed E-state index contributed by atoms with van der Waals surface area (Å²) in [5.41, 5.74) is 1.27. The van der Waals surface area contributed by atoms with Crippen molar-refractivity contribution in [3.8, 4) is 0 Å². The van der Waals surface area contributed by atoms with Gasteiger partial charge in [0.2, 0.25) is 5.90 Å². The van der Waals surface area contributed by atoms with E-state index in [2.05, 4.69) is 11.6 Å². The summed E-state index contributed by atoms with van der Waals surface area (Å²) in [7, 11) is -3.99. The van der Waals surface area contributed by atoms with E-state index >= 15 is 0 Å². The van der Waals surface area contributed by atoms with Crippen LogP contribution in [0.2, 0.25) is 10.0 Å². The number of rotatable bonds is 7. The molecule has 3 aromatic carbocycles. The zero-order chi connectivity index (χ0) is 24.3. The zero-order valence-electron chi connectivity index (χ0n) is 17.7. The van der Waals surface area contributed by atoms with Crippen molar-refractivity contribution in [2.45, 2.75) is 4.90 Å². The van der Waals surface area contributed by atoms with Gasteiger partial charge in [0.1, 0.15) is 0 Å². The molecule has 0 aromatic heterocycles. The molecule has 4 rings (SSSR count). The summed E-state index contributed by atoms with van der Waals surface area (Å²) in [5, 5.41) is 0.873. The minimum Gasteiger partial charge on any atom is -0.402 e. The van der Waals surface area contributed by atoms with Crippen LogP contribution >= 0.6 is 23.2 Å². The van der Waals surface area contributed by atoms with E-state index in [9.17, 15) is 13.2 Å². The Kier molecular flexibility index (Phi) is 6.88. The average Bonchev–Trinajstić information content (AvgIpc) is 3.19. The van der Waals surface area contributed by atoms with Crippen molar-refractivity contribution in [1.29, 1.82) is 0 Å². The summed E-state index contributed by atoms with van der Waals surface area (Å²) in [6, 6.07) is 19.5. The predicted molar refractivity (Wildman–Crippen MR) is 135 cm³/mol. The first-order valence-electron chi connectivity index (χ1n) is 10.1. The largest absolute Gasteiger partial charge is 0.402 e. The van der Waals surface area contributed by atoms with Crippen LogP contribution < -0.4 is 4.31 Å². The first-order valence-corrected chi connectivity index (χ1v) is 12.3. The Hall–Kier alpha value is -3.39. The van der Waals surface area contributed by atoms with E-state index in [1.54, 1.807) is 48.5 Å². The third kappa shape index (κ3) is 4.77. The van der Waals surface area contributed by atoms with Crippen LogP contribution in [-0.4, -0.2) is 26.8 Å². The Morgan fingerprint density at radius 1 is 0.971 bits per heavy atom. The molecule has 0 fully saturated rings. The third-order valence-electron chi connectivity index (χ3n) is 4.92. The van der Waals surface area contributed by atoms with Crippen molar-refractivity contribution in [1.82, 2.24) is 0 Å². The fourth-order valence-corrected chi connectivity index (χ4v) is 5.08. The molecule has 6 nitrogen and oxygen atoms in total. The molecule has 0 saturated carbocycles. The molecule has 0 spiro atoms. The molecule has 172 valence electrons. The van der Waals surface area contributed by atoms with Crippen molar-refractivity contribution >= 4 is 56.9 Å². The minimum absolute atomic E-state index is 0.0146. The van der Waals surface area contributed by atoms with Crippen molar-refractivity contribution in [3.63, 3.8) is 0 Å². The highest BCUT2D eigenvalue weighted by atomic mass is 35.5. The monoisotopic (exact) mass is 512 g/mol. The van der Waals surface area contributed by atoms with Crippen LogP contribution in [-0.2, 0) is 19.6 Å². The number of nitrogens with zero attached hydrogens (tertiary/aromatic N) is 2. The normalized spacial score (nSPS) is 14.6. The van der Waals surface area contributed by atoms with Gasteiger partial charge in [0.15, 0.2) is 5.70 Å². The van der Waals surface area contributed by atoms with Gasteiger partial charge >= 0.3 is 5.97 Å². The number of anilines is 1. The molecule has 0 amide bonds. The Morgan fingerprint density at radius 3 is 2.35 bits per heavy atom. The van der Waals surface area contributed by atoms with E-state index < -0.39 is 16.0 Å². The van der Waals surface area contributed by atoms with Crippen LogP contribution in [0.1, 0.15) is 11.1 Å². The van der Waals surface area contributed by atoms with Crippen LogP contribution in [0.4, 0.5) is 5.69 Å². The number of hydrogen-bond donors (Lipinski definition) is 0. The van der Waals surface area contributed by atoms with E-state index in [0.29, 0.717) is 21.2 Å². The van der Waals surface area contributed by atoms with Gasteiger partial charge < -0.3 is 4.74 Å². The molecule has 9 heteroatoms. The van der Waals surface area contributed by atoms with Gasteiger partial charge in [-0.15, -0.1) is 6.58 Å². The summed E-state index contributed by atoms with van der Waals surface area (Å²) in [4.78, 5) is 16.9. The molecule has 0 N–H and O–H groups in total. The van der Waals surface area contributed by atoms with Crippen molar-refractivity contribution < 1.29 is 17.9 Å². The predicted octanol–water partition coefficient (Wildman–Crippen LogP) is 5.72. The number of esters is 1. The molecule has 0 unspecified atom stereocenters. The van der Waals surface area contributed by atoms with Crippen LogP contribution in [0, 0.1) is 0 Å². The van der Waals surface area contributed by atoms with E-state index in [4.69, 9.17) is 27.9 Å². The molecule has 34 heavy (non-hydrogen) atoms. The van der Waals surface area contributed by atoms with Gasteiger partial charge in [-0.2, -0.15) is 0 Å². The number of hydrogen-bond acceptors (Lipinski definition) is 5. The fourth-order valence-electron chi connectivity index (χ4n) is 3.31. The van der Waals surface area contributed by atoms with Gasteiger partial charge in [-0.3, -0.25) is 4.31 Å². The van der Waals surface area contributed by atoms with Gasteiger partial charge in [0.25, 0.3) is 10.0 Å². The zero-order valence-corrected chi connectivity index (χ0v) is 20.0. The van der Waals surface area contributed by atoms with Gasteiger partial charge in [0, 0.05) is 10.0 Å². The van der Waals surface area contributed by atoms with Crippen molar-refractivity contribution in [3.05, 3.63) is 112 Å². The van der Waals surface area contributed by atoms with E-state index in [1.165, 1.54) is 40.7 Å². The minimum atomic E-state index is -3.99. The van der Waals surface area contributed by atoms with E-state index in [0.717, 1.165) is 0 Å². The van der Waals surface area contributed by atoms with E-state index in [-0.39, 0.29) is 28.7 Å². The first kappa shape index (κ1) is 23.8. The smallest absolute Gasteiger partial charge is 0.363 e. The van der Waals surface area contributed by atoms with E-state index in [1.807, 2.05) is 0 Å². The average molecular weight is 513 g/mol. The number of ether oxygens (including phenoxy) is 1. The quantitative estimate of drug-likeness (QED) is 0.230. The lowest BCUT2D eigenvalue weighted by atomic mass is 10.1. The second kappa shape index (κ2) is 9.85. The standard InChI is InChI=1S/C25H18Cl2N2O4S/c1-2-15-29(34(31,32)19-13-11-18(26)12-14-19)23-10-6-4-8-20(23)24-28-22(25(30)33-24)16-17-7-3-5-9-21(17)27/h2-14,16H,1,15H2/b22-16-. The molecule has 3 aromatic rings. The Bertz CT molecular complexity index is 1430. The first-order chi connectivity index (χ1) is 16.3. The number of aliphatic imine (C=N–C) groups is 1. The Labute approximate surface area is 207 Å². The van der Waals surface area contributed by atoms with Crippen LogP contribution in [0.15, 0.2) is 101 Å². The number of cyclic esters (lactones) is 1. The summed E-state index contributed by atoms with van der Waals surface area (Å²) in [5.74, 6) is -0.681. The summed E-state index contributed by atoms with van der Waals surface area (Å²) in [6.45, 7) is 3.67. The topological polar surface area (TPSA) is 76.0 Å². The highest BCUT2D eigenvalue weighted by Gasteiger charge is 2.31. The maximum Gasteiger partial charge on any atom is 0.363 e. The maximum absolute atomic E-state index is 13.5. The molecule has 0 saturated heterocycles. The molecule has 1 heterocycles. The lowest BCUT2D eigenvalue weighted by Gasteiger charge is -2.25. The second-order valence-electron chi connectivity index (χ2n) is 7.15. The number of benzene rings is 3. The van der Waals surface area contributed by atoms with Crippen molar-refractivity contribution in [2.24, 2.45) is 4.99 Å². The van der Waals surface area contributed by atoms with Gasteiger partial charge in [-0.1, -0.05) is 59.6 Å². The molecule has 0 aliphatic carbocycles. The molecular formula is C25H18Cl2N2O4S. The van der Waals surface area contributed by atoms with Crippen LogP contribution in [0.5, 0.6) is 0 Å². The Balaban J connectivity index is 1.79. The molecular weight excluding hydrogens is 495 g/mol. The van der Waals surface area contributed by atoms with Gasteiger partial charge in [-0.05, 0) is 54.1 Å². The SMILES string of the molecule is C=CCN(c1ccccc1C1=N/C(=C\c2ccccc2Cl)C(=O)O1)S(=O)(=O)c1ccc(Cl)cc1. The fraction of sp³-hybridized carbons (Fsp3) is 0.0400.